The number of carbonyl (C=O) groups is 6. The zero-order valence-corrected chi connectivity index (χ0v) is 26.5. The van der Waals surface area contributed by atoms with Gasteiger partial charge in [0, 0.05) is 12.5 Å². The molecule has 5 amide bonds. The molecule has 3 rings (SSSR count). The lowest BCUT2D eigenvalue weighted by Crippen LogP contribution is -2.62. The Morgan fingerprint density at radius 2 is 1.36 bits per heavy atom. The number of ketones is 2. The number of urea groups is 1. The SMILES string of the molecule is CC(C)C1CCN(C(=O)[C@@H](NC(=O)N[C@H](C(=O)C2CC2)C(C)(C)C)C(C)(C)C)[C@@H]1C(=O)NC(CC1CC1)C(=O)C(N)=O. The maximum absolute atomic E-state index is 14.2. The Kier molecular flexibility index (Phi) is 10.1. The summed E-state index contributed by atoms with van der Waals surface area (Å²) in [5, 5.41) is 8.40. The van der Waals surface area contributed by atoms with Crippen LogP contribution in [0, 0.1) is 34.5 Å². The van der Waals surface area contributed by atoms with Crippen LogP contribution in [0.1, 0.15) is 93.9 Å². The fraction of sp³-hybridized carbons (Fsp3) is 0.806. The van der Waals surface area contributed by atoms with Gasteiger partial charge >= 0.3 is 6.03 Å². The molecule has 3 aliphatic rings. The molecule has 2 saturated carbocycles. The number of hydrogen-bond donors (Lipinski definition) is 4. The summed E-state index contributed by atoms with van der Waals surface area (Å²) in [5.41, 5.74) is 4.04. The second-order valence-corrected chi connectivity index (χ2v) is 15.0. The van der Waals surface area contributed by atoms with Crippen LogP contribution in [0.3, 0.4) is 0 Å². The molecule has 0 aromatic rings. The van der Waals surface area contributed by atoms with E-state index in [9.17, 15) is 28.8 Å². The maximum atomic E-state index is 14.2. The molecule has 1 heterocycles. The average Bonchev–Trinajstić information content (AvgIpc) is 3.80. The van der Waals surface area contributed by atoms with Crippen molar-refractivity contribution in [3.63, 3.8) is 0 Å². The number of nitrogens with zero attached hydrogens (tertiary/aromatic N) is 1. The number of likely N-dealkylation sites (tertiary alicyclic amines) is 1. The second-order valence-electron chi connectivity index (χ2n) is 15.0. The fourth-order valence-corrected chi connectivity index (χ4v) is 5.88. The van der Waals surface area contributed by atoms with E-state index in [1.54, 1.807) is 0 Å². The largest absolute Gasteiger partial charge is 0.363 e. The number of nitrogens with two attached hydrogens (primary N) is 1. The number of primary amides is 1. The van der Waals surface area contributed by atoms with Crippen molar-refractivity contribution in [1.29, 1.82) is 0 Å². The van der Waals surface area contributed by atoms with E-state index in [0.29, 0.717) is 19.4 Å². The molecule has 11 nitrogen and oxygen atoms in total. The summed E-state index contributed by atoms with van der Waals surface area (Å²) < 4.78 is 0. The molecule has 5 N–H and O–H groups in total. The van der Waals surface area contributed by atoms with Gasteiger partial charge in [0.05, 0.1) is 12.1 Å². The van der Waals surface area contributed by atoms with Crippen LogP contribution < -0.4 is 21.7 Å². The lowest BCUT2D eigenvalue weighted by molar-refractivity contribution is -0.144. The third-order valence-corrected chi connectivity index (χ3v) is 8.79. The monoisotopic (exact) mass is 589 g/mol. The molecule has 5 atom stereocenters. The first-order valence-corrected chi connectivity index (χ1v) is 15.4. The minimum Gasteiger partial charge on any atom is -0.363 e. The van der Waals surface area contributed by atoms with Crippen molar-refractivity contribution in [3.05, 3.63) is 0 Å². The first kappa shape index (κ1) is 33.5. The summed E-state index contributed by atoms with van der Waals surface area (Å²) in [6.07, 6.45) is 4.39. The first-order valence-electron chi connectivity index (χ1n) is 15.4. The molecule has 0 aromatic heterocycles. The molecule has 0 bridgehead atoms. The van der Waals surface area contributed by atoms with Gasteiger partial charge in [-0.2, -0.15) is 0 Å². The van der Waals surface area contributed by atoms with Gasteiger partial charge in [0.2, 0.25) is 17.6 Å². The molecular weight excluding hydrogens is 538 g/mol. The Hall–Kier alpha value is -2.98. The van der Waals surface area contributed by atoms with E-state index in [-0.39, 0.29) is 29.5 Å². The highest BCUT2D eigenvalue weighted by Gasteiger charge is 2.48. The first-order chi connectivity index (χ1) is 19.3. The number of amides is 5. The van der Waals surface area contributed by atoms with E-state index >= 15 is 0 Å². The van der Waals surface area contributed by atoms with Gasteiger partial charge in [0.25, 0.3) is 5.91 Å². The fourth-order valence-electron chi connectivity index (χ4n) is 5.88. The zero-order chi connectivity index (χ0) is 31.7. The van der Waals surface area contributed by atoms with Gasteiger partial charge in [0.1, 0.15) is 12.1 Å². The van der Waals surface area contributed by atoms with Gasteiger partial charge in [-0.3, -0.25) is 24.0 Å². The lowest BCUT2D eigenvalue weighted by Gasteiger charge is -2.38. The van der Waals surface area contributed by atoms with Gasteiger partial charge in [-0.1, -0.05) is 68.2 Å². The highest BCUT2D eigenvalue weighted by molar-refractivity contribution is 6.37. The predicted molar refractivity (Wildman–Crippen MR) is 158 cm³/mol. The van der Waals surface area contributed by atoms with Gasteiger partial charge < -0.3 is 26.6 Å². The van der Waals surface area contributed by atoms with E-state index in [1.165, 1.54) is 4.90 Å². The normalized spacial score (nSPS) is 23.1. The Labute approximate surface area is 249 Å². The lowest BCUT2D eigenvalue weighted by atomic mass is 9.82. The molecule has 0 spiro atoms. The zero-order valence-electron chi connectivity index (χ0n) is 26.5. The number of Topliss-reactive ketones (excluding diaryl/α,β-unsaturated/α-hetero) is 2. The minimum atomic E-state index is -1.10. The van der Waals surface area contributed by atoms with Crippen molar-refractivity contribution in [1.82, 2.24) is 20.9 Å². The summed E-state index contributed by atoms with van der Waals surface area (Å²) in [7, 11) is 0. The van der Waals surface area contributed by atoms with Crippen LogP contribution in [0.5, 0.6) is 0 Å². The van der Waals surface area contributed by atoms with Crippen LogP contribution in [-0.4, -0.2) is 70.9 Å². The minimum absolute atomic E-state index is 0.00130. The molecule has 1 aliphatic heterocycles. The van der Waals surface area contributed by atoms with E-state index in [2.05, 4.69) is 16.0 Å². The molecule has 11 heteroatoms. The van der Waals surface area contributed by atoms with Crippen molar-refractivity contribution >= 4 is 35.3 Å². The number of carbonyl (C=O) groups excluding carboxylic acids is 6. The number of hydrogen-bond acceptors (Lipinski definition) is 6. The summed E-state index contributed by atoms with van der Waals surface area (Å²) in [6.45, 7) is 15.4. The number of nitrogens with one attached hydrogen (secondary N) is 3. The predicted octanol–water partition coefficient (Wildman–Crippen LogP) is 2.31. The average molecular weight is 590 g/mol. The molecule has 2 aliphatic carbocycles. The highest BCUT2D eigenvalue weighted by Crippen LogP contribution is 2.37. The molecule has 236 valence electrons. The van der Waals surface area contributed by atoms with E-state index in [1.807, 2.05) is 55.4 Å². The van der Waals surface area contributed by atoms with Crippen LogP contribution in [0.25, 0.3) is 0 Å². The molecule has 2 unspecified atom stereocenters. The Bertz CT molecular complexity index is 1080. The molecule has 0 radical (unpaired) electrons. The van der Waals surface area contributed by atoms with Gasteiger partial charge in [-0.15, -0.1) is 0 Å². The topological polar surface area (TPSA) is 168 Å². The second kappa shape index (κ2) is 12.7. The smallest absolute Gasteiger partial charge is 0.316 e. The molecular formula is C31H51N5O6. The van der Waals surface area contributed by atoms with Gasteiger partial charge in [0.15, 0.2) is 5.78 Å². The highest BCUT2D eigenvalue weighted by atomic mass is 16.2. The van der Waals surface area contributed by atoms with Crippen molar-refractivity contribution < 1.29 is 28.8 Å². The van der Waals surface area contributed by atoms with Crippen LogP contribution in [-0.2, 0) is 24.0 Å². The van der Waals surface area contributed by atoms with Crippen LogP contribution in [0.15, 0.2) is 0 Å². The third kappa shape index (κ3) is 8.31. The standard InChI is InChI=1S/C31H51N5O6/c1-16(2)19-13-14-36(21(19)27(40)33-20(15-17-9-10-17)23(38)26(32)39)28(41)25(31(6,7)8)35-29(42)34-24(30(3,4)5)22(37)18-11-12-18/h16-21,24-25H,9-15H2,1-8H3,(H2,32,39)(H,33,40)(H2,34,35,42)/t19?,20?,21-,24+,25+/m0/s1. The third-order valence-electron chi connectivity index (χ3n) is 8.79. The Morgan fingerprint density at radius 3 is 1.81 bits per heavy atom. The summed E-state index contributed by atoms with van der Waals surface area (Å²) in [4.78, 5) is 79.9. The van der Waals surface area contributed by atoms with E-state index in [4.69, 9.17) is 5.73 Å². The molecule has 1 saturated heterocycles. The molecule has 3 fully saturated rings. The number of rotatable bonds is 12. The van der Waals surface area contributed by atoms with E-state index < -0.39 is 64.5 Å². The van der Waals surface area contributed by atoms with Gasteiger partial charge in [-0.25, -0.2) is 4.79 Å². The maximum Gasteiger partial charge on any atom is 0.316 e. The quantitative estimate of drug-likeness (QED) is 0.255. The van der Waals surface area contributed by atoms with Gasteiger partial charge in [-0.05, 0) is 54.3 Å². The summed E-state index contributed by atoms with van der Waals surface area (Å²) in [5.74, 6) is -2.79. The van der Waals surface area contributed by atoms with Crippen molar-refractivity contribution in [3.8, 4) is 0 Å². The molecule has 42 heavy (non-hydrogen) atoms. The Morgan fingerprint density at radius 1 is 0.810 bits per heavy atom. The van der Waals surface area contributed by atoms with Crippen molar-refractivity contribution in [2.45, 2.75) is 118 Å². The summed E-state index contributed by atoms with van der Waals surface area (Å²) >= 11 is 0. The van der Waals surface area contributed by atoms with Crippen molar-refractivity contribution in [2.75, 3.05) is 6.54 Å². The Balaban J connectivity index is 1.82. The van der Waals surface area contributed by atoms with Crippen LogP contribution in [0.2, 0.25) is 0 Å². The van der Waals surface area contributed by atoms with Crippen molar-refractivity contribution in [2.24, 2.45) is 40.2 Å². The summed E-state index contributed by atoms with van der Waals surface area (Å²) in [6, 6.07) is -4.23. The van der Waals surface area contributed by atoms with Crippen LogP contribution in [0.4, 0.5) is 4.79 Å². The van der Waals surface area contributed by atoms with E-state index in [0.717, 1.165) is 25.7 Å². The van der Waals surface area contributed by atoms with Crippen LogP contribution >= 0.6 is 0 Å². The molecule has 0 aromatic carbocycles.